The van der Waals surface area contributed by atoms with E-state index in [0.29, 0.717) is 44.6 Å². The van der Waals surface area contributed by atoms with Crippen LogP contribution in [-0.4, -0.2) is 96.9 Å². The van der Waals surface area contributed by atoms with Crippen molar-refractivity contribution in [3.8, 4) is 28.5 Å². The van der Waals surface area contributed by atoms with Crippen LogP contribution in [0, 0.1) is 5.41 Å². The first kappa shape index (κ1) is 32.5. The summed E-state index contributed by atoms with van der Waals surface area (Å²) in [5.74, 6) is 1.61. The Morgan fingerprint density at radius 1 is 0.981 bits per heavy atom. The van der Waals surface area contributed by atoms with Crippen LogP contribution < -0.4 is 9.64 Å². The number of benzene rings is 2. The second-order valence-corrected chi connectivity index (χ2v) is 15.0. The number of fused-ring (bicyclic) bond motifs is 1. The number of aromatic nitrogens is 6. The van der Waals surface area contributed by atoms with E-state index in [0.717, 1.165) is 65.0 Å². The summed E-state index contributed by atoms with van der Waals surface area (Å²) in [5.41, 5.74) is 6.42. The Hall–Kier alpha value is -5.36. The fraction of sp³-hybridized carbons (Fsp3) is 0.400. The maximum Gasteiger partial charge on any atom is 0.237 e. The molecule has 12 heteroatoms. The number of anilines is 1. The highest BCUT2D eigenvalue weighted by atomic mass is 16.5. The number of carbonyl (C=O) groups excluding carboxylic acids is 2. The molecular weight excluding hydrogens is 654 g/mol. The minimum absolute atomic E-state index is 0.0458. The first-order valence-electron chi connectivity index (χ1n) is 18.5. The summed E-state index contributed by atoms with van der Waals surface area (Å²) in [5, 5.41) is 13.3. The molecule has 3 fully saturated rings. The van der Waals surface area contributed by atoms with Gasteiger partial charge in [0.05, 0.1) is 29.6 Å². The Labute approximate surface area is 302 Å². The number of hydrogen-bond acceptors (Lipinski definition) is 8. The molecule has 5 aromatic rings. The van der Waals surface area contributed by atoms with Crippen molar-refractivity contribution in [1.29, 1.82) is 0 Å². The van der Waals surface area contributed by atoms with E-state index < -0.39 is 5.41 Å². The summed E-state index contributed by atoms with van der Waals surface area (Å²) >= 11 is 0. The van der Waals surface area contributed by atoms with Gasteiger partial charge in [0.15, 0.2) is 5.82 Å². The van der Waals surface area contributed by atoms with E-state index in [1.54, 1.807) is 6.20 Å². The molecule has 12 nitrogen and oxygen atoms in total. The van der Waals surface area contributed by atoms with Crippen molar-refractivity contribution in [3.05, 3.63) is 78.8 Å². The summed E-state index contributed by atoms with van der Waals surface area (Å²) in [7, 11) is 0. The highest BCUT2D eigenvalue weighted by Gasteiger charge is 2.51. The van der Waals surface area contributed by atoms with Crippen LogP contribution in [0.3, 0.4) is 0 Å². The summed E-state index contributed by atoms with van der Waals surface area (Å²) in [6, 6.07) is 18.8. The van der Waals surface area contributed by atoms with E-state index >= 15 is 0 Å². The molecule has 1 aliphatic carbocycles. The molecule has 6 heterocycles. The van der Waals surface area contributed by atoms with Gasteiger partial charge in [-0.1, -0.05) is 30.3 Å². The number of pyridine rings is 1. The van der Waals surface area contributed by atoms with Crippen molar-refractivity contribution < 1.29 is 14.3 Å². The summed E-state index contributed by atoms with van der Waals surface area (Å²) in [4.78, 5) is 42.5. The van der Waals surface area contributed by atoms with Crippen molar-refractivity contribution in [2.75, 3.05) is 44.2 Å². The van der Waals surface area contributed by atoms with Crippen molar-refractivity contribution in [2.45, 2.75) is 58.1 Å². The zero-order chi connectivity index (χ0) is 35.4. The number of rotatable bonds is 9. The normalized spacial score (nSPS) is 20.8. The molecule has 1 saturated carbocycles. The Balaban J connectivity index is 0.813. The maximum atomic E-state index is 14.1. The lowest BCUT2D eigenvalue weighted by Crippen LogP contribution is -2.43. The minimum Gasteiger partial charge on any atom is -0.475 e. The lowest BCUT2D eigenvalue weighted by molar-refractivity contribution is -0.132. The van der Waals surface area contributed by atoms with Crippen LogP contribution in [0.2, 0.25) is 0 Å². The van der Waals surface area contributed by atoms with Crippen LogP contribution in [0.15, 0.2) is 73.2 Å². The average Bonchev–Trinajstić information content (AvgIpc) is 3.45. The predicted molar refractivity (Wildman–Crippen MR) is 198 cm³/mol. The molecule has 3 aromatic heterocycles. The van der Waals surface area contributed by atoms with Gasteiger partial charge in [-0.25, -0.2) is 14.6 Å². The number of nitrogens with one attached hydrogen (secondary N) is 1. The van der Waals surface area contributed by atoms with Gasteiger partial charge >= 0.3 is 0 Å². The molecule has 3 aliphatic heterocycles. The van der Waals surface area contributed by atoms with E-state index in [2.05, 4.69) is 60.5 Å². The molecule has 1 N–H and O–H groups in total. The molecule has 2 saturated heterocycles. The number of nitrogens with zero attached hydrogens (tertiary/aromatic N) is 8. The standard InChI is InChI=1S/C40H43N9O3/c1-26(2)52-35-12-7-30(22-41-35)37-33-21-32(10-11-34(33)43-44-37)48-20-16-40(39(48)51)15-19-46(24-40)23-36(50)47-17-13-28(14-18-47)27-3-5-29(6-4-27)38-42-25-49(45-38)31-8-9-31/h3-7,10-13,21-22,25-26,31H,8-9,14-20,23-24H2,1-2H3,(H,43,44)/t40-/m0/s1. The molecule has 2 amide bonds. The second kappa shape index (κ2) is 13.0. The number of likely N-dealkylation sites (tertiary alicyclic amines) is 1. The van der Waals surface area contributed by atoms with Gasteiger partial charge < -0.3 is 14.5 Å². The zero-order valence-corrected chi connectivity index (χ0v) is 29.7. The molecule has 4 aliphatic rings. The van der Waals surface area contributed by atoms with Crippen LogP contribution in [0.4, 0.5) is 5.69 Å². The third-order valence-electron chi connectivity index (χ3n) is 11.0. The molecule has 9 rings (SSSR count). The second-order valence-electron chi connectivity index (χ2n) is 15.0. The third-order valence-corrected chi connectivity index (χ3v) is 11.0. The highest BCUT2D eigenvalue weighted by Crippen LogP contribution is 2.43. The largest absolute Gasteiger partial charge is 0.475 e. The number of carbonyl (C=O) groups is 2. The van der Waals surface area contributed by atoms with Gasteiger partial charge in [0.2, 0.25) is 17.7 Å². The molecule has 0 bridgehead atoms. The van der Waals surface area contributed by atoms with Gasteiger partial charge in [0.25, 0.3) is 0 Å². The van der Waals surface area contributed by atoms with Crippen LogP contribution in [0.1, 0.15) is 57.6 Å². The Kier molecular flexibility index (Phi) is 8.14. The van der Waals surface area contributed by atoms with Crippen LogP contribution in [0.25, 0.3) is 39.1 Å². The zero-order valence-electron chi connectivity index (χ0n) is 29.7. The molecule has 0 radical (unpaired) electrons. The van der Waals surface area contributed by atoms with Gasteiger partial charge in [0, 0.05) is 60.6 Å². The number of amides is 2. The van der Waals surface area contributed by atoms with Crippen LogP contribution >= 0.6 is 0 Å². The first-order valence-corrected chi connectivity index (χ1v) is 18.5. The molecule has 1 atom stereocenters. The fourth-order valence-electron chi connectivity index (χ4n) is 7.96. The lowest BCUT2D eigenvalue weighted by Gasteiger charge is -2.29. The molecule has 2 aromatic carbocycles. The van der Waals surface area contributed by atoms with Crippen molar-refractivity contribution >= 4 is 34.0 Å². The van der Waals surface area contributed by atoms with Crippen molar-refractivity contribution in [3.63, 3.8) is 0 Å². The average molecular weight is 698 g/mol. The molecule has 52 heavy (non-hydrogen) atoms. The molecule has 0 unspecified atom stereocenters. The van der Waals surface area contributed by atoms with Crippen LogP contribution in [0.5, 0.6) is 5.88 Å². The van der Waals surface area contributed by atoms with E-state index in [9.17, 15) is 9.59 Å². The van der Waals surface area contributed by atoms with Crippen molar-refractivity contribution in [1.82, 2.24) is 39.7 Å². The van der Waals surface area contributed by atoms with Crippen LogP contribution in [-0.2, 0) is 9.59 Å². The minimum atomic E-state index is -0.461. The summed E-state index contributed by atoms with van der Waals surface area (Å²) in [6.45, 7) is 7.58. The number of hydrogen-bond donors (Lipinski definition) is 1. The molecule has 266 valence electrons. The van der Waals surface area contributed by atoms with E-state index in [1.165, 1.54) is 24.0 Å². The highest BCUT2D eigenvalue weighted by molar-refractivity contribution is 6.03. The first-order chi connectivity index (χ1) is 25.3. The smallest absolute Gasteiger partial charge is 0.237 e. The quantitative estimate of drug-likeness (QED) is 0.207. The van der Waals surface area contributed by atoms with E-state index in [-0.39, 0.29) is 17.9 Å². The number of H-pyrrole nitrogens is 1. The fourth-order valence-corrected chi connectivity index (χ4v) is 7.96. The number of ether oxygens (including phenoxy) is 1. The van der Waals surface area contributed by atoms with Gasteiger partial charge in [-0.3, -0.25) is 19.6 Å². The van der Waals surface area contributed by atoms with E-state index in [4.69, 9.17) is 4.74 Å². The lowest BCUT2D eigenvalue weighted by atomic mass is 9.85. The predicted octanol–water partition coefficient (Wildman–Crippen LogP) is 5.75. The number of aromatic amines is 1. The van der Waals surface area contributed by atoms with E-state index in [1.807, 2.05) is 65.0 Å². The van der Waals surface area contributed by atoms with Gasteiger partial charge in [-0.2, -0.15) is 10.2 Å². The summed E-state index contributed by atoms with van der Waals surface area (Å²) in [6.07, 6.45) is 10.6. The Bertz CT molecular complexity index is 2170. The molecular formula is C40H43N9O3. The Morgan fingerprint density at radius 3 is 2.54 bits per heavy atom. The van der Waals surface area contributed by atoms with Crippen molar-refractivity contribution in [2.24, 2.45) is 5.41 Å². The SMILES string of the molecule is CC(C)Oc1ccc(-c2n[nH]c3ccc(N4CC[C@]5(CCN(CC(=O)N6CC=C(c7ccc(-c8ncn(C9CC9)n8)cc7)CC6)C5)C4=O)cc23)cn1. The summed E-state index contributed by atoms with van der Waals surface area (Å²) < 4.78 is 7.68. The molecule has 1 spiro atoms. The topological polar surface area (TPSA) is 125 Å². The maximum absolute atomic E-state index is 14.1. The van der Waals surface area contributed by atoms with Gasteiger partial charge in [-0.15, -0.1) is 0 Å². The monoisotopic (exact) mass is 697 g/mol. The van der Waals surface area contributed by atoms with Gasteiger partial charge in [0.1, 0.15) is 12.0 Å². The van der Waals surface area contributed by atoms with Gasteiger partial charge in [-0.05, 0) is 87.9 Å². The third kappa shape index (κ3) is 6.14. The Morgan fingerprint density at radius 2 is 1.79 bits per heavy atom.